The van der Waals surface area contributed by atoms with E-state index < -0.39 is 0 Å². The van der Waals surface area contributed by atoms with Crippen molar-refractivity contribution < 1.29 is 0 Å². The molecule has 0 N–H and O–H groups in total. The summed E-state index contributed by atoms with van der Waals surface area (Å²) in [5.74, 6) is 0. The van der Waals surface area contributed by atoms with Crippen molar-refractivity contribution in [3.63, 3.8) is 0 Å². The molecule has 0 atom stereocenters. The summed E-state index contributed by atoms with van der Waals surface area (Å²) >= 11 is 6.13. The highest BCUT2D eigenvalue weighted by Crippen LogP contribution is 2.19. The first-order chi connectivity index (χ1) is 7.75. The van der Waals surface area contributed by atoms with Crippen LogP contribution >= 0.6 is 11.6 Å². The molecule has 1 heterocycles. The first-order valence-electron chi connectivity index (χ1n) is 5.10. The highest BCUT2D eigenvalue weighted by Gasteiger charge is 1.95. The van der Waals surface area contributed by atoms with E-state index in [9.17, 15) is 0 Å². The van der Waals surface area contributed by atoms with Crippen LogP contribution in [0.3, 0.4) is 0 Å². The second kappa shape index (κ2) is 4.95. The maximum atomic E-state index is 6.13. The minimum atomic E-state index is 0.783. The molecular formula is C14H12ClN. The minimum Gasteiger partial charge on any atom is -0.265 e. The number of benzene rings is 1. The Bertz CT molecular complexity index is 503. The summed E-state index contributed by atoms with van der Waals surface area (Å²) < 4.78 is 0. The minimum absolute atomic E-state index is 0.783. The van der Waals surface area contributed by atoms with Crippen molar-refractivity contribution in [1.82, 2.24) is 4.98 Å². The molecule has 0 spiro atoms. The first-order valence-corrected chi connectivity index (χ1v) is 5.48. The Morgan fingerprint density at radius 1 is 1.06 bits per heavy atom. The van der Waals surface area contributed by atoms with E-state index in [0.717, 1.165) is 16.1 Å². The quantitative estimate of drug-likeness (QED) is 0.752. The van der Waals surface area contributed by atoms with Crippen LogP contribution in [0.4, 0.5) is 0 Å². The molecule has 16 heavy (non-hydrogen) atoms. The highest BCUT2D eigenvalue weighted by atomic mass is 35.5. The molecule has 0 fully saturated rings. The Morgan fingerprint density at radius 3 is 2.50 bits per heavy atom. The highest BCUT2D eigenvalue weighted by molar-refractivity contribution is 6.32. The van der Waals surface area contributed by atoms with Gasteiger partial charge in [0.1, 0.15) is 0 Å². The largest absolute Gasteiger partial charge is 0.265 e. The molecular weight excluding hydrogens is 218 g/mol. The lowest BCUT2D eigenvalue weighted by Gasteiger charge is -1.99. The van der Waals surface area contributed by atoms with Gasteiger partial charge in [0.05, 0.1) is 0 Å². The zero-order valence-electron chi connectivity index (χ0n) is 9.02. The van der Waals surface area contributed by atoms with E-state index in [1.807, 2.05) is 43.3 Å². The smallest absolute Gasteiger partial charge is 0.0481 e. The standard InChI is InChI=1S/C14H12ClN/c1-11-2-4-13(14(15)10-11)5-3-12-6-8-16-9-7-12/h2-10H,1H3. The molecule has 1 nitrogen and oxygen atoms in total. The zero-order valence-corrected chi connectivity index (χ0v) is 9.78. The summed E-state index contributed by atoms with van der Waals surface area (Å²) in [7, 11) is 0. The van der Waals surface area contributed by atoms with Gasteiger partial charge in [-0.3, -0.25) is 4.98 Å². The second-order valence-corrected chi connectivity index (χ2v) is 4.05. The number of hydrogen-bond acceptors (Lipinski definition) is 1. The fraction of sp³-hybridized carbons (Fsp3) is 0.0714. The van der Waals surface area contributed by atoms with Crippen molar-refractivity contribution in [2.75, 3.05) is 0 Å². The van der Waals surface area contributed by atoms with Crippen molar-refractivity contribution >= 4 is 23.8 Å². The average molecular weight is 230 g/mol. The van der Waals surface area contributed by atoms with Gasteiger partial charge >= 0.3 is 0 Å². The number of rotatable bonds is 2. The first kappa shape index (κ1) is 10.9. The lowest BCUT2D eigenvalue weighted by atomic mass is 10.1. The molecule has 0 saturated heterocycles. The third kappa shape index (κ3) is 2.71. The van der Waals surface area contributed by atoms with Crippen LogP contribution in [0, 0.1) is 6.92 Å². The van der Waals surface area contributed by atoms with Crippen molar-refractivity contribution in [2.45, 2.75) is 6.92 Å². The van der Waals surface area contributed by atoms with Crippen LogP contribution < -0.4 is 0 Å². The van der Waals surface area contributed by atoms with Crippen molar-refractivity contribution in [3.8, 4) is 0 Å². The molecule has 0 radical (unpaired) electrons. The molecule has 1 aromatic heterocycles. The molecule has 1 aromatic carbocycles. The van der Waals surface area contributed by atoms with E-state index in [1.165, 1.54) is 5.56 Å². The predicted molar refractivity (Wildman–Crippen MR) is 69.4 cm³/mol. The summed E-state index contributed by atoms with van der Waals surface area (Å²) in [5, 5.41) is 0.783. The molecule has 0 amide bonds. The van der Waals surface area contributed by atoms with Gasteiger partial charge in [0.25, 0.3) is 0 Å². The van der Waals surface area contributed by atoms with Gasteiger partial charge in [-0.1, -0.05) is 35.9 Å². The van der Waals surface area contributed by atoms with Crippen LogP contribution in [-0.4, -0.2) is 4.98 Å². The maximum absolute atomic E-state index is 6.13. The van der Waals surface area contributed by atoms with Gasteiger partial charge in [0, 0.05) is 17.4 Å². The van der Waals surface area contributed by atoms with Gasteiger partial charge in [-0.25, -0.2) is 0 Å². The fourth-order valence-electron chi connectivity index (χ4n) is 1.43. The van der Waals surface area contributed by atoms with Gasteiger partial charge in [-0.05, 0) is 41.8 Å². The molecule has 2 rings (SSSR count). The zero-order chi connectivity index (χ0) is 11.4. The second-order valence-electron chi connectivity index (χ2n) is 3.64. The molecule has 0 aliphatic heterocycles. The van der Waals surface area contributed by atoms with Crippen LogP contribution in [0.25, 0.3) is 12.2 Å². The summed E-state index contributed by atoms with van der Waals surface area (Å²) in [6.07, 6.45) is 7.59. The third-order valence-corrected chi connectivity index (χ3v) is 2.64. The van der Waals surface area contributed by atoms with Gasteiger partial charge in [-0.15, -0.1) is 0 Å². The predicted octanol–water partition coefficient (Wildman–Crippen LogP) is 4.21. The van der Waals surface area contributed by atoms with Crippen LogP contribution in [-0.2, 0) is 0 Å². The van der Waals surface area contributed by atoms with E-state index in [0.29, 0.717) is 0 Å². The van der Waals surface area contributed by atoms with Crippen LogP contribution in [0.1, 0.15) is 16.7 Å². The fourth-order valence-corrected chi connectivity index (χ4v) is 1.73. The summed E-state index contributed by atoms with van der Waals surface area (Å²) in [5.41, 5.74) is 3.32. The average Bonchev–Trinajstić information content (AvgIpc) is 2.29. The molecule has 0 aliphatic rings. The number of nitrogens with zero attached hydrogens (tertiary/aromatic N) is 1. The Morgan fingerprint density at radius 2 is 1.81 bits per heavy atom. The summed E-state index contributed by atoms with van der Waals surface area (Å²) in [6, 6.07) is 9.96. The van der Waals surface area contributed by atoms with E-state index >= 15 is 0 Å². The molecule has 0 unspecified atom stereocenters. The van der Waals surface area contributed by atoms with E-state index in [-0.39, 0.29) is 0 Å². The monoisotopic (exact) mass is 229 g/mol. The summed E-state index contributed by atoms with van der Waals surface area (Å²) in [4.78, 5) is 3.97. The van der Waals surface area contributed by atoms with Crippen molar-refractivity contribution in [3.05, 3.63) is 64.4 Å². The lowest BCUT2D eigenvalue weighted by Crippen LogP contribution is -1.78. The Labute approximate surface area is 100 Å². The van der Waals surface area contributed by atoms with Crippen LogP contribution in [0.15, 0.2) is 42.7 Å². The molecule has 0 saturated carbocycles. The van der Waals surface area contributed by atoms with Crippen LogP contribution in [0.2, 0.25) is 5.02 Å². The Balaban J connectivity index is 2.24. The number of hydrogen-bond donors (Lipinski definition) is 0. The summed E-state index contributed by atoms with van der Waals surface area (Å²) in [6.45, 7) is 2.03. The van der Waals surface area contributed by atoms with E-state index in [2.05, 4.69) is 11.1 Å². The SMILES string of the molecule is Cc1ccc(C=Cc2ccncc2)c(Cl)c1. The number of aromatic nitrogens is 1. The Hall–Kier alpha value is -1.60. The van der Waals surface area contributed by atoms with Gasteiger partial charge in [0.2, 0.25) is 0 Å². The van der Waals surface area contributed by atoms with E-state index in [1.54, 1.807) is 12.4 Å². The van der Waals surface area contributed by atoms with Crippen LogP contribution in [0.5, 0.6) is 0 Å². The number of halogens is 1. The number of aryl methyl sites for hydroxylation is 1. The molecule has 2 aromatic rings. The van der Waals surface area contributed by atoms with Crippen molar-refractivity contribution in [2.24, 2.45) is 0 Å². The third-order valence-electron chi connectivity index (χ3n) is 2.32. The van der Waals surface area contributed by atoms with E-state index in [4.69, 9.17) is 11.6 Å². The maximum Gasteiger partial charge on any atom is 0.0481 e. The molecule has 0 bridgehead atoms. The number of pyridine rings is 1. The lowest BCUT2D eigenvalue weighted by molar-refractivity contribution is 1.32. The Kier molecular flexibility index (Phi) is 3.37. The molecule has 2 heteroatoms. The normalized spacial score (nSPS) is 10.9. The molecule has 0 aliphatic carbocycles. The van der Waals surface area contributed by atoms with Gasteiger partial charge < -0.3 is 0 Å². The van der Waals surface area contributed by atoms with Gasteiger partial charge in [-0.2, -0.15) is 0 Å². The topological polar surface area (TPSA) is 12.9 Å². The van der Waals surface area contributed by atoms with Crippen molar-refractivity contribution in [1.29, 1.82) is 0 Å². The van der Waals surface area contributed by atoms with Gasteiger partial charge in [0.15, 0.2) is 0 Å². The molecule has 80 valence electrons.